The molecule has 1 aromatic heterocycles. The van der Waals surface area contributed by atoms with E-state index < -0.39 is 0 Å². The lowest BCUT2D eigenvalue weighted by Crippen LogP contribution is -2.19. The van der Waals surface area contributed by atoms with Crippen molar-refractivity contribution in [2.45, 2.75) is 6.42 Å². The molecule has 0 fully saturated rings. The quantitative estimate of drug-likeness (QED) is 0.516. The van der Waals surface area contributed by atoms with Crippen LogP contribution in [0.2, 0.25) is 0 Å². The molecule has 4 rings (SSSR count). The third kappa shape index (κ3) is 2.57. The van der Waals surface area contributed by atoms with E-state index in [0.717, 1.165) is 16.9 Å². The van der Waals surface area contributed by atoms with Gasteiger partial charge in [-0.2, -0.15) is 0 Å². The Balaban J connectivity index is 1.74. The van der Waals surface area contributed by atoms with Crippen molar-refractivity contribution in [1.82, 2.24) is 0 Å². The molecule has 0 aliphatic heterocycles. The molecule has 0 saturated heterocycles. The summed E-state index contributed by atoms with van der Waals surface area (Å²) in [5.74, 6) is -0.247. The molecule has 3 aromatic rings. The Hall–Kier alpha value is -3.05. The maximum Gasteiger partial charge on any atom is 0.208 e. The number of carbonyl (C=O) groups is 3. The summed E-state index contributed by atoms with van der Waals surface area (Å²) in [5, 5.41) is 0. The van der Waals surface area contributed by atoms with Crippen LogP contribution < -0.4 is 4.74 Å². The van der Waals surface area contributed by atoms with Gasteiger partial charge in [0.15, 0.2) is 11.6 Å². The number of thiophene rings is 1. The molecular formula is C21H14O4S. The fourth-order valence-electron chi connectivity index (χ4n) is 3.12. The summed E-state index contributed by atoms with van der Waals surface area (Å²) in [6, 6.07) is 15.9. The smallest absolute Gasteiger partial charge is 0.208 e. The Kier molecular flexibility index (Phi) is 4.01. The van der Waals surface area contributed by atoms with Crippen molar-refractivity contribution >= 4 is 28.7 Å². The van der Waals surface area contributed by atoms with E-state index in [-0.39, 0.29) is 29.3 Å². The number of ketones is 3. The number of methoxy groups -OCH3 is 1. The van der Waals surface area contributed by atoms with Gasteiger partial charge < -0.3 is 4.74 Å². The van der Waals surface area contributed by atoms with Crippen LogP contribution in [0.25, 0.3) is 0 Å². The third-order valence-electron chi connectivity index (χ3n) is 4.38. The average molecular weight is 362 g/mol. The second-order valence-corrected chi connectivity index (χ2v) is 7.03. The van der Waals surface area contributed by atoms with E-state index in [0.29, 0.717) is 26.6 Å². The third-order valence-corrected chi connectivity index (χ3v) is 5.56. The molecule has 1 aliphatic carbocycles. The van der Waals surface area contributed by atoms with Crippen molar-refractivity contribution in [1.29, 1.82) is 0 Å². The molecule has 2 aromatic carbocycles. The van der Waals surface area contributed by atoms with E-state index in [1.165, 1.54) is 7.11 Å². The number of hydrogen-bond acceptors (Lipinski definition) is 5. The van der Waals surface area contributed by atoms with E-state index in [2.05, 4.69) is 0 Å². The summed E-state index contributed by atoms with van der Waals surface area (Å²) < 4.78 is 5.24. The first kappa shape index (κ1) is 16.4. The Bertz CT molecular complexity index is 1050. The number of Topliss-reactive ketones (excluding diaryl/α,β-unsaturated/α-hetero) is 1. The number of fused-ring (bicyclic) bond motifs is 2. The van der Waals surface area contributed by atoms with Gasteiger partial charge >= 0.3 is 0 Å². The van der Waals surface area contributed by atoms with Crippen LogP contribution in [0.3, 0.4) is 0 Å². The molecule has 0 spiro atoms. The normalized spacial score (nSPS) is 12.5. The molecule has 0 bridgehead atoms. The Morgan fingerprint density at radius 1 is 0.962 bits per heavy atom. The summed E-state index contributed by atoms with van der Waals surface area (Å²) in [5.41, 5.74) is 1.79. The lowest BCUT2D eigenvalue weighted by molar-refractivity contribution is 0.0979. The highest BCUT2D eigenvalue weighted by atomic mass is 32.1. The first-order valence-corrected chi connectivity index (χ1v) is 8.89. The van der Waals surface area contributed by atoms with Crippen LogP contribution in [0, 0.1) is 0 Å². The molecular weight excluding hydrogens is 348 g/mol. The Morgan fingerprint density at radius 2 is 1.73 bits per heavy atom. The van der Waals surface area contributed by atoms with Gasteiger partial charge in [-0.3, -0.25) is 14.4 Å². The standard InChI is InChI=1S/C21H14O4S/c1-25-16-9-5-8-13-18(16)20(24)21-14(19(13)23)11-17(26-21)15(22)10-12-6-3-2-4-7-12/h2-9,11H,10H2,1H3. The van der Waals surface area contributed by atoms with Crippen LogP contribution in [0.1, 0.15) is 46.4 Å². The first-order valence-electron chi connectivity index (χ1n) is 8.07. The van der Waals surface area contributed by atoms with Gasteiger partial charge in [0.25, 0.3) is 0 Å². The minimum atomic E-state index is -0.268. The molecule has 26 heavy (non-hydrogen) atoms. The van der Waals surface area contributed by atoms with E-state index in [4.69, 9.17) is 4.74 Å². The molecule has 0 unspecified atom stereocenters. The van der Waals surface area contributed by atoms with Gasteiger partial charge in [-0.05, 0) is 17.7 Å². The number of rotatable bonds is 4. The molecule has 0 atom stereocenters. The molecule has 4 nitrogen and oxygen atoms in total. The topological polar surface area (TPSA) is 60.4 Å². The summed E-state index contributed by atoms with van der Waals surface area (Å²) in [4.78, 5) is 39.0. The van der Waals surface area contributed by atoms with Crippen LogP contribution in [0.5, 0.6) is 5.75 Å². The lowest BCUT2D eigenvalue weighted by atomic mass is 9.88. The minimum Gasteiger partial charge on any atom is -0.496 e. The van der Waals surface area contributed by atoms with Crippen LogP contribution in [0.15, 0.2) is 54.6 Å². The van der Waals surface area contributed by atoms with Crippen LogP contribution in [-0.4, -0.2) is 24.5 Å². The van der Waals surface area contributed by atoms with E-state index in [1.54, 1.807) is 24.3 Å². The predicted octanol–water partition coefficient (Wildman–Crippen LogP) is 3.96. The monoisotopic (exact) mass is 362 g/mol. The molecule has 0 radical (unpaired) electrons. The number of hydrogen-bond donors (Lipinski definition) is 0. The molecule has 128 valence electrons. The van der Waals surface area contributed by atoms with Crippen LogP contribution in [-0.2, 0) is 6.42 Å². The fourth-order valence-corrected chi connectivity index (χ4v) is 4.16. The zero-order valence-corrected chi connectivity index (χ0v) is 14.8. The minimum absolute atomic E-state index is 0.104. The average Bonchev–Trinajstić information content (AvgIpc) is 3.12. The molecule has 1 aliphatic rings. The Labute approximate surface area is 154 Å². The largest absolute Gasteiger partial charge is 0.496 e. The van der Waals surface area contributed by atoms with Gasteiger partial charge in [0.1, 0.15) is 5.75 Å². The summed E-state index contributed by atoms with van der Waals surface area (Å²) in [6.45, 7) is 0. The summed E-state index contributed by atoms with van der Waals surface area (Å²) >= 11 is 1.08. The van der Waals surface area contributed by atoms with Gasteiger partial charge in [-0.25, -0.2) is 0 Å². The number of ether oxygens (including phenoxy) is 1. The van der Waals surface area contributed by atoms with Gasteiger partial charge in [0.05, 0.1) is 22.4 Å². The highest BCUT2D eigenvalue weighted by Gasteiger charge is 2.35. The van der Waals surface area contributed by atoms with Crippen molar-refractivity contribution in [2.24, 2.45) is 0 Å². The zero-order chi connectivity index (χ0) is 18.3. The molecule has 5 heteroatoms. The maximum absolute atomic E-state index is 12.9. The van der Waals surface area contributed by atoms with Crippen molar-refractivity contribution in [3.05, 3.63) is 86.6 Å². The molecule has 0 N–H and O–H groups in total. The van der Waals surface area contributed by atoms with E-state index >= 15 is 0 Å². The number of carbonyl (C=O) groups excluding carboxylic acids is 3. The van der Waals surface area contributed by atoms with Crippen molar-refractivity contribution < 1.29 is 19.1 Å². The summed E-state index contributed by atoms with van der Waals surface area (Å²) in [6.07, 6.45) is 0.235. The lowest BCUT2D eigenvalue weighted by Gasteiger charge is -2.16. The number of benzene rings is 2. The van der Waals surface area contributed by atoms with Gasteiger partial charge in [-0.15, -0.1) is 11.3 Å². The second kappa shape index (κ2) is 6.35. The van der Waals surface area contributed by atoms with Gasteiger partial charge in [0, 0.05) is 17.5 Å². The summed E-state index contributed by atoms with van der Waals surface area (Å²) in [7, 11) is 1.46. The Morgan fingerprint density at radius 3 is 2.46 bits per heavy atom. The van der Waals surface area contributed by atoms with Gasteiger partial charge in [0.2, 0.25) is 5.78 Å². The van der Waals surface area contributed by atoms with Gasteiger partial charge in [-0.1, -0.05) is 42.5 Å². The molecule has 0 amide bonds. The first-order chi connectivity index (χ1) is 12.6. The second-order valence-electron chi connectivity index (χ2n) is 5.98. The maximum atomic E-state index is 12.9. The fraction of sp³-hybridized carbons (Fsp3) is 0.0952. The van der Waals surface area contributed by atoms with Crippen LogP contribution >= 0.6 is 11.3 Å². The van der Waals surface area contributed by atoms with Crippen molar-refractivity contribution in [3.63, 3.8) is 0 Å². The predicted molar refractivity (Wildman–Crippen MR) is 98.7 cm³/mol. The molecule has 0 saturated carbocycles. The van der Waals surface area contributed by atoms with Crippen molar-refractivity contribution in [2.75, 3.05) is 7.11 Å². The zero-order valence-electron chi connectivity index (χ0n) is 13.9. The highest BCUT2D eigenvalue weighted by Crippen LogP contribution is 2.37. The van der Waals surface area contributed by atoms with Crippen molar-refractivity contribution in [3.8, 4) is 5.75 Å². The SMILES string of the molecule is COc1cccc2c1C(=O)c1sc(C(=O)Cc3ccccc3)cc1C2=O. The van der Waals surface area contributed by atoms with Crippen LogP contribution in [0.4, 0.5) is 0 Å². The van der Waals surface area contributed by atoms with E-state index in [1.807, 2.05) is 30.3 Å². The molecule has 1 heterocycles. The highest BCUT2D eigenvalue weighted by molar-refractivity contribution is 7.16. The van der Waals surface area contributed by atoms with E-state index in [9.17, 15) is 14.4 Å².